The van der Waals surface area contributed by atoms with Gasteiger partial charge in [0, 0.05) is 5.92 Å². The van der Waals surface area contributed by atoms with Crippen LogP contribution in [0.15, 0.2) is 36.9 Å². The van der Waals surface area contributed by atoms with Crippen molar-refractivity contribution < 1.29 is 39.7 Å². The minimum atomic E-state index is -1.41. The molecule has 0 aliphatic carbocycles. The third-order valence-electron chi connectivity index (χ3n) is 8.86. The van der Waals surface area contributed by atoms with E-state index in [4.69, 9.17) is 14.2 Å². The first-order chi connectivity index (χ1) is 20.9. The Balaban J connectivity index is 1.87. The third kappa shape index (κ3) is 13.6. The van der Waals surface area contributed by atoms with Gasteiger partial charge in [0.15, 0.2) is 0 Å². The van der Waals surface area contributed by atoms with Gasteiger partial charge in [0.05, 0.1) is 38.6 Å². The molecular formula is C35H60O8. The monoisotopic (exact) mass is 608 g/mol. The lowest BCUT2D eigenvalue weighted by atomic mass is 9.86. The predicted molar refractivity (Wildman–Crippen MR) is 170 cm³/mol. The van der Waals surface area contributed by atoms with Crippen LogP contribution in [0.25, 0.3) is 0 Å². The normalized spacial score (nSPS) is 24.4. The molecule has 0 bridgehead atoms. The first-order valence-corrected chi connectivity index (χ1v) is 16.7. The summed E-state index contributed by atoms with van der Waals surface area (Å²) in [6.45, 7) is 6.10. The van der Waals surface area contributed by atoms with Crippen molar-refractivity contribution in [2.45, 2.75) is 153 Å². The van der Waals surface area contributed by atoms with E-state index in [-0.39, 0.29) is 5.92 Å². The highest BCUT2D eigenvalue weighted by Gasteiger charge is 2.43. The van der Waals surface area contributed by atoms with Gasteiger partial charge < -0.3 is 39.7 Å². The summed E-state index contributed by atoms with van der Waals surface area (Å²) in [5.74, 6) is 0.447. The zero-order valence-corrected chi connectivity index (χ0v) is 26.7. The van der Waals surface area contributed by atoms with Gasteiger partial charge in [0.2, 0.25) is 0 Å². The molecule has 43 heavy (non-hydrogen) atoms. The predicted octanol–water partition coefficient (Wildman–Crippen LogP) is 5.46. The first kappa shape index (κ1) is 37.7. The summed E-state index contributed by atoms with van der Waals surface area (Å²) in [6, 6.07) is 7.69. The van der Waals surface area contributed by atoms with Crippen molar-refractivity contribution in [2.75, 3.05) is 13.7 Å². The van der Waals surface area contributed by atoms with Gasteiger partial charge in [-0.2, -0.15) is 0 Å². The van der Waals surface area contributed by atoms with Crippen molar-refractivity contribution in [3.8, 4) is 5.75 Å². The van der Waals surface area contributed by atoms with Crippen LogP contribution in [0.5, 0.6) is 5.75 Å². The highest BCUT2D eigenvalue weighted by Crippen LogP contribution is 2.29. The Morgan fingerprint density at radius 3 is 1.91 bits per heavy atom. The Hall–Kier alpha value is -1.52. The molecule has 1 fully saturated rings. The second-order valence-corrected chi connectivity index (χ2v) is 12.2. The summed E-state index contributed by atoms with van der Waals surface area (Å²) >= 11 is 0. The van der Waals surface area contributed by atoms with Gasteiger partial charge in [-0.05, 0) is 37.0 Å². The largest absolute Gasteiger partial charge is 0.497 e. The molecule has 1 aliphatic heterocycles. The Morgan fingerprint density at radius 2 is 1.37 bits per heavy atom. The van der Waals surface area contributed by atoms with Gasteiger partial charge in [-0.1, -0.05) is 102 Å². The average molecular weight is 609 g/mol. The minimum Gasteiger partial charge on any atom is -0.497 e. The second kappa shape index (κ2) is 22.1. The number of aliphatic hydroxyl groups excluding tert-OH is 5. The summed E-state index contributed by atoms with van der Waals surface area (Å²) in [5.41, 5.74) is 0.990. The van der Waals surface area contributed by atoms with Crippen LogP contribution >= 0.6 is 0 Å². The van der Waals surface area contributed by atoms with Crippen molar-refractivity contribution >= 4 is 0 Å². The van der Waals surface area contributed by atoms with E-state index in [1.54, 1.807) is 13.2 Å². The highest BCUT2D eigenvalue weighted by molar-refractivity contribution is 5.26. The third-order valence-corrected chi connectivity index (χ3v) is 8.86. The molecule has 5 N–H and O–H groups in total. The summed E-state index contributed by atoms with van der Waals surface area (Å²) in [7, 11) is 1.63. The molecule has 2 rings (SSSR count). The van der Waals surface area contributed by atoms with Crippen molar-refractivity contribution in [3.63, 3.8) is 0 Å². The van der Waals surface area contributed by atoms with Crippen LogP contribution in [0.1, 0.15) is 109 Å². The molecule has 8 atom stereocenters. The maximum Gasteiger partial charge on any atom is 0.118 e. The van der Waals surface area contributed by atoms with Gasteiger partial charge in [-0.15, -0.1) is 6.58 Å². The molecule has 1 aromatic rings. The molecule has 0 saturated carbocycles. The Labute approximate surface area is 260 Å². The summed E-state index contributed by atoms with van der Waals surface area (Å²) in [4.78, 5) is 0. The number of rotatable bonds is 24. The Kier molecular flexibility index (Phi) is 19.3. The van der Waals surface area contributed by atoms with E-state index in [1.165, 1.54) is 64.2 Å². The van der Waals surface area contributed by atoms with Gasteiger partial charge in [-0.3, -0.25) is 0 Å². The molecule has 248 valence electrons. The van der Waals surface area contributed by atoms with E-state index in [2.05, 4.69) is 13.5 Å². The number of unbranched alkanes of at least 4 members (excludes halogenated alkanes) is 11. The van der Waals surface area contributed by atoms with Crippen LogP contribution in [0.4, 0.5) is 0 Å². The number of benzene rings is 1. The highest BCUT2D eigenvalue weighted by atomic mass is 16.5. The zero-order chi connectivity index (χ0) is 31.5. The maximum atomic E-state index is 11.4. The van der Waals surface area contributed by atoms with Crippen LogP contribution in [0, 0.1) is 5.92 Å². The molecule has 1 saturated heterocycles. The quantitative estimate of drug-likeness (QED) is 0.0774. The van der Waals surface area contributed by atoms with Gasteiger partial charge in [-0.25, -0.2) is 0 Å². The smallest absolute Gasteiger partial charge is 0.118 e. The SMILES string of the molecule is C=C[C@H](CC[C@H]1O[C@H](CO)[C@H](O)[C@H](O)[C@H]1O)[C@H](O)[C@@H](CCCCCCCCCCCCCC)OCc1ccc(OC)cc1. The molecule has 1 heterocycles. The Bertz CT molecular complexity index is 832. The van der Waals surface area contributed by atoms with Crippen LogP contribution in [0.2, 0.25) is 0 Å². The molecule has 8 nitrogen and oxygen atoms in total. The molecule has 0 aromatic heterocycles. The fraction of sp³-hybridized carbons (Fsp3) is 0.771. The molecule has 8 heteroatoms. The lowest BCUT2D eigenvalue weighted by Crippen LogP contribution is -2.58. The summed E-state index contributed by atoms with van der Waals surface area (Å²) in [5, 5.41) is 51.6. The van der Waals surface area contributed by atoms with Gasteiger partial charge in [0.25, 0.3) is 0 Å². The van der Waals surface area contributed by atoms with E-state index in [1.807, 2.05) is 24.3 Å². The van der Waals surface area contributed by atoms with Crippen molar-refractivity contribution in [2.24, 2.45) is 5.92 Å². The number of methoxy groups -OCH3 is 1. The summed E-state index contributed by atoms with van der Waals surface area (Å²) in [6.07, 6.45) is 11.3. The van der Waals surface area contributed by atoms with Gasteiger partial charge >= 0.3 is 0 Å². The topological polar surface area (TPSA) is 129 Å². The van der Waals surface area contributed by atoms with Gasteiger partial charge in [0.1, 0.15) is 30.2 Å². The van der Waals surface area contributed by atoms with Crippen LogP contribution in [-0.2, 0) is 16.1 Å². The van der Waals surface area contributed by atoms with E-state index in [0.29, 0.717) is 19.4 Å². The molecule has 0 unspecified atom stereocenters. The molecular weight excluding hydrogens is 548 g/mol. The number of ether oxygens (including phenoxy) is 3. The standard InChI is InChI=1S/C35H60O8/c1-4-6-7-8-9-10-11-12-13-14-15-16-17-29(42-25-26-18-21-28(41-3)22-19-26)32(37)27(5-2)20-23-30-33(38)35(40)34(39)31(24-36)43-30/h5,18-19,21-22,27,29-40H,2,4,6-17,20,23-25H2,1,3H3/t27-,29-,30-,31-,32+,33+,34+,35-/m1/s1. The van der Waals surface area contributed by atoms with Crippen molar-refractivity contribution in [3.05, 3.63) is 42.5 Å². The molecule has 1 aliphatic rings. The maximum absolute atomic E-state index is 11.4. The molecule has 0 spiro atoms. The molecule has 0 amide bonds. The van der Waals surface area contributed by atoms with E-state index in [0.717, 1.165) is 30.6 Å². The minimum absolute atomic E-state index is 0.318. The number of aliphatic hydroxyl groups is 5. The zero-order valence-electron chi connectivity index (χ0n) is 26.7. The van der Waals surface area contributed by atoms with E-state index >= 15 is 0 Å². The molecule has 1 aromatic carbocycles. The van der Waals surface area contributed by atoms with E-state index < -0.39 is 49.3 Å². The number of hydrogen-bond donors (Lipinski definition) is 5. The lowest BCUT2D eigenvalue weighted by molar-refractivity contribution is -0.231. The Morgan fingerprint density at radius 1 is 0.814 bits per heavy atom. The second-order valence-electron chi connectivity index (χ2n) is 12.2. The van der Waals surface area contributed by atoms with Crippen molar-refractivity contribution in [1.29, 1.82) is 0 Å². The van der Waals surface area contributed by atoms with E-state index in [9.17, 15) is 25.5 Å². The number of hydrogen-bond acceptors (Lipinski definition) is 8. The van der Waals surface area contributed by atoms with Crippen molar-refractivity contribution in [1.82, 2.24) is 0 Å². The fourth-order valence-electron chi connectivity index (χ4n) is 5.94. The first-order valence-electron chi connectivity index (χ1n) is 16.7. The fourth-order valence-corrected chi connectivity index (χ4v) is 5.94. The molecule has 0 radical (unpaired) electrons. The lowest BCUT2D eigenvalue weighted by Gasteiger charge is -2.40. The average Bonchev–Trinajstić information content (AvgIpc) is 3.03. The summed E-state index contributed by atoms with van der Waals surface area (Å²) < 4.78 is 17.2. The van der Waals surface area contributed by atoms with Crippen LogP contribution in [-0.4, -0.2) is 82.0 Å². The van der Waals surface area contributed by atoms with Crippen LogP contribution < -0.4 is 4.74 Å². The van der Waals surface area contributed by atoms with Crippen LogP contribution in [0.3, 0.4) is 0 Å².